The number of amides is 1. The van der Waals surface area contributed by atoms with Gasteiger partial charge < -0.3 is 14.4 Å². The third-order valence-electron chi connectivity index (χ3n) is 2.46. The average molecular weight is 254 g/mol. The molecule has 0 radical (unpaired) electrons. The van der Waals surface area contributed by atoms with E-state index in [-0.39, 0.29) is 12.5 Å². The molecule has 0 atom stereocenters. The summed E-state index contributed by atoms with van der Waals surface area (Å²) >= 11 is 0. The highest BCUT2D eigenvalue weighted by molar-refractivity contribution is 5.77. The van der Waals surface area contributed by atoms with Crippen molar-refractivity contribution in [2.45, 2.75) is 26.0 Å². The normalized spacial score (nSPS) is 11.9. The van der Waals surface area contributed by atoms with Crippen LogP contribution in [0.15, 0.2) is 22.8 Å². The van der Waals surface area contributed by atoms with Gasteiger partial charge >= 0.3 is 0 Å². The largest absolute Gasteiger partial charge is 0.467 e. The zero-order valence-electron chi connectivity index (χ0n) is 11.5. The summed E-state index contributed by atoms with van der Waals surface area (Å²) in [6.45, 7) is 4.64. The molecule has 0 unspecified atom stereocenters. The Bertz CT molecular complexity index is 368. The highest BCUT2D eigenvalue weighted by atomic mass is 16.3. The molecule has 1 heterocycles. The zero-order valence-corrected chi connectivity index (χ0v) is 11.5. The fourth-order valence-corrected chi connectivity index (χ4v) is 1.79. The van der Waals surface area contributed by atoms with Gasteiger partial charge in [-0.05, 0) is 33.0 Å². The number of hydrogen-bond acceptors (Lipinski definition) is 4. The number of rotatable bonds is 6. The van der Waals surface area contributed by atoms with Crippen LogP contribution in [0.25, 0.3) is 0 Å². The number of aliphatic hydroxyl groups is 1. The second-order valence-electron chi connectivity index (χ2n) is 5.31. The van der Waals surface area contributed by atoms with E-state index in [2.05, 4.69) is 0 Å². The quantitative estimate of drug-likeness (QED) is 0.821. The van der Waals surface area contributed by atoms with Crippen molar-refractivity contribution in [2.24, 2.45) is 0 Å². The van der Waals surface area contributed by atoms with Crippen LogP contribution in [0.3, 0.4) is 0 Å². The van der Waals surface area contributed by atoms with Gasteiger partial charge in [-0.3, -0.25) is 9.69 Å². The summed E-state index contributed by atoms with van der Waals surface area (Å²) in [4.78, 5) is 15.3. The van der Waals surface area contributed by atoms with Crippen molar-refractivity contribution in [1.82, 2.24) is 9.80 Å². The number of carbonyl (C=O) groups is 1. The van der Waals surface area contributed by atoms with E-state index in [0.29, 0.717) is 13.1 Å². The summed E-state index contributed by atoms with van der Waals surface area (Å²) in [5.41, 5.74) is -0.797. The van der Waals surface area contributed by atoms with Crippen LogP contribution in [0.2, 0.25) is 0 Å². The van der Waals surface area contributed by atoms with Crippen LogP contribution in [0, 0.1) is 0 Å². The Labute approximate surface area is 108 Å². The maximum Gasteiger partial charge on any atom is 0.236 e. The molecule has 0 saturated heterocycles. The van der Waals surface area contributed by atoms with Crippen LogP contribution in [-0.4, -0.2) is 53.6 Å². The van der Waals surface area contributed by atoms with Gasteiger partial charge in [-0.2, -0.15) is 0 Å². The van der Waals surface area contributed by atoms with E-state index in [4.69, 9.17) is 4.42 Å². The minimum atomic E-state index is -0.797. The molecule has 0 aliphatic heterocycles. The lowest BCUT2D eigenvalue weighted by Gasteiger charge is -2.26. The van der Waals surface area contributed by atoms with Gasteiger partial charge in [-0.1, -0.05) is 0 Å². The molecule has 102 valence electrons. The maximum atomic E-state index is 11.9. The van der Waals surface area contributed by atoms with E-state index in [1.165, 1.54) is 0 Å². The van der Waals surface area contributed by atoms with Gasteiger partial charge in [0.25, 0.3) is 0 Å². The van der Waals surface area contributed by atoms with Crippen LogP contribution >= 0.6 is 0 Å². The van der Waals surface area contributed by atoms with Gasteiger partial charge in [-0.15, -0.1) is 0 Å². The highest BCUT2D eigenvalue weighted by Gasteiger charge is 2.19. The summed E-state index contributed by atoms with van der Waals surface area (Å²) in [5, 5.41) is 9.67. The highest BCUT2D eigenvalue weighted by Crippen LogP contribution is 2.06. The second kappa shape index (κ2) is 6.02. The summed E-state index contributed by atoms with van der Waals surface area (Å²) in [5.74, 6) is 0.758. The first-order chi connectivity index (χ1) is 8.28. The Morgan fingerprint density at radius 2 is 2.11 bits per heavy atom. The van der Waals surface area contributed by atoms with Crippen LogP contribution in [-0.2, 0) is 11.3 Å². The van der Waals surface area contributed by atoms with E-state index in [0.717, 1.165) is 5.76 Å². The molecule has 0 bridgehead atoms. The summed E-state index contributed by atoms with van der Waals surface area (Å²) in [6.07, 6.45) is 1.59. The fourth-order valence-electron chi connectivity index (χ4n) is 1.79. The SMILES string of the molecule is CN(CC(=O)N(C)Cc1ccco1)CC(C)(C)O. The molecule has 5 heteroatoms. The van der Waals surface area contributed by atoms with Crippen LogP contribution in [0.5, 0.6) is 0 Å². The minimum Gasteiger partial charge on any atom is -0.467 e. The van der Waals surface area contributed by atoms with Crippen molar-refractivity contribution in [1.29, 1.82) is 0 Å². The molecule has 1 rings (SSSR count). The van der Waals surface area contributed by atoms with Gasteiger partial charge in [-0.25, -0.2) is 0 Å². The molecule has 0 saturated carbocycles. The predicted octanol–water partition coefficient (Wildman–Crippen LogP) is 0.941. The maximum absolute atomic E-state index is 11.9. The lowest BCUT2D eigenvalue weighted by Crippen LogP contribution is -2.42. The van der Waals surface area contributed by atoms with Crippen LogP contribution < -0.4 is 0 Å². The molecule has 0 aliphatic carbocycles. The van der Waals surface area contributed by atoms with E-state index in [1.807, 2.05) is 13.1 Å². The smallest absolute Gasteiger partial charge is 0.236 e. The Hall–Kier alpha value is -1.33. The molecule has 0 aromatic carbocycles. The lowest BCUT2D eigenvalue weighted by molar-refractivity contribution is -0.132. The molecule has 1 N–H and O–H groups in total. The molecule has 18 heavy (non-hydrogen) atoms. The Morgan fingerprint density at radius 3 is 2.61 bits per heavy atom. The third kappa shape index (κ3) is 5.33. The van der Waals surface area contributed by atoms with Crippen molar-refractivity contribution in [3.05, 3.63) is 24.2 Å². The van der Waals surface area contributed by atoms with Gasteiger partial charge in [0.05, 0.1) is 25.0 Å². The van der Waals surface area contributed by atoms with Crippen molar-refractivity contribution >= 4 is 5.91 Å². The third-order valence-corrected chi connectivity index (χ3v) is 2.46. The van der Waals surface area contributed by atoms with Crippen LogP contribution in [0.4, 0.5) is 0 Å². The fraction of sp³-hybridized carbons (Fsp3) is 0.615. The molecule has 0 spiro atoms. The molecule has 0 fully saturated rings. The van der Waals surface area contributed by atoms with Gasteiger partial charge in [0.15, 0.2) is 0 Å². The Kier molecular flexibility index (Phi) is 4.93. The van der Waals surface area contributed by atoms with Crippen LogP contribution in [0.1, 0.15) is 19.6 Å². The predicted molar refractivity (Wildman–Crippen MR) is 69.0 cm³/mol. The average Bonchev–Trinajstić information content (AvgIpc) is 2.66. The van der Waals surface area contributed by atoms with Gasteiger partial charge in [0.1, 0.15) is 5.76 Å². The molecule has 1 amide bonds. The van der Waals surface area contributed by atoms with Crippen molar-refractivity contribution in [2.75, 3.05) is 27.2 Å². The van der Waals surface area contributed by atoms with E-state index in [1.54, 1.807) is 43.0 Å². The second-order valence-corrected chi connectivity index (χ2v) is 5.31. The van der Waals surface area contributed by atoms with Crippen molar-refractivity contribution in [3.8, 4) is 0 Å². The molecule has 1 aromatic heterocycles. The van der Waals surface area contributed by atoms with E-state index >= 15 is 0 Å². The monoisotopic (exact) mass is 254 g/mol. The molecular formula is C13H22N2O3. The van der Waals surface area contributed by atoms with Gasteiger partial charge in [0.2, 0.25) is 5.91 Å². The topological polar surface area (TPSA) is 56.9 Å². The number of furan rings is 1. The Balaban J connectivity index is 2.40. The summed E-state index contributed by atoms with van der Waals surface area (Å²) < 4.78 is 5.19. The lowest BCUT2D eigenvalue weighted by atomic mass is 10.1. The van der Waals surface area contributed by atoms with Gasteiger partial charge in [0, 0.05) is 13.6 Å². The summed E-state index contributed by atoms with van der Waals surface area (Å²) in [7, 11) is 3.55. The first-order valence-corrected chi connectivity index (χ1v) is 5.95. The Morgan fingerprint density at radius 1 is 1.44 bits per heavy atom. The molecular weight excluding hydrogens is 232 g/mol. The number of nitrogens with zero attached hydrogens (tertiary/aromatic N) is 2. The first kappa shape index (κ1) is 14.7. The number of likely N-dealkylation sites (N-methyl/N-ethyl adjacent to an activating group) is 2. The van der Waals surface area contributed by atoms with Crippen molar-refractivity contribution in [3.63, 3.8) is 0 Å². The molecule has 1 aromatic rings. The van der Waals surface area contributed by atoms with E-state index in [9.17, 15) is 9.90 Å². The van der Waals surface area contributed by atoms with E-state index < -0.39 is 5.60 Å². The zero-order chi connectivity index (χ0) is 13.8. The first-order valence-electron chi connectivity index (χ1n) is 5.95. The number of carbonyl (C=O) groups excluding carboxylic acids is 1. The van der Waals surface area contributed by atoms with Crippen molar-refractivity contribution < 1.29 is 14.3 Å². The molecule has 0 aliphatic rings. The summed E-state index contributed by atoms with van der Waals surface area (Å²) in [6, 6.07) is 3.64. The minimum absolute atomic E-state index is 0.00171. The number of hydrogen-bond donors (Lipinski definition) is 1. The molecule has 5 nitrogen and oxygen atoms in total. The standard InChI is InChI=1S/C13H22N2O3/c1-13(2,17)10-14(3)9-12(16)15(4)8-11-6-5-7-18-11/h5-7,17H,8-10H2,1-4H3.